The standard InChI is InChI=1S/C29H25N5O6/c1-19-7-9-20(10-8-19)32-27(36)26(35)30-17-24-15-16-25(40-24)18-31-34-29(38)28(37)33-21-11-13-23(14-12-21)39-22-5-3-2-4-6-22/h2-16,18H,17H2,1H3,(H,30,35)(H,32,36)(H,33,37)(H,34,38)/b31-18+. The van der Waals surface area contributed by atoms with Crippen LogP contribution in [0.1, 0.15) is 17.1 Å². The first-order valence-corrected chi connectivity index (χ1v) is 12.1. The van der Waals surface area contributed by atoms with Gasteiger partial charge in [-0.25, -0.2) is 5.43 Å². The van der Waals surface area contributed by atoms with Crippen molar-refractivity contribution in [3.8, 4) is 11.5 Å². The molecule has 0 saturated heterocycles. The van der Waals surface area contributed by atoms with Crippen LogP contribution in [0.15, 0.2) is 101 Å². The first-order chi connectivity index (χ1) is 19.4. The molecule has 40 heavy (non-hydrogen) atoms. The van der Waals surface area contributed by atoms with Gasteiger partial charge in [-0.3, -0.25) is 19.2 Å². The van der Waals surface area contributed by atoms with E-state index in [2.05, 4.69) is 26.5 Å². The van der Waals surface area contributed by atoms with E-state index < -0.39 is 23.6 Å². The normalized spacial score (nSPS) is 10.5. The average Bonchev–Trinajstić information content (AvgIpc) is 3.42. The van der Waals surface area contributed by atoms with Crippen LogP contribution in [0.25, 0.3) is 0 Å². The van der Waals surface area contributed by atoms with Crippen molar-refractivity contribution in [2.24, 2.45) is 5.10 Å². The molecule has 0 fully saturated rings. The van der Waals surface area contributed by atoms with Gasteiger partial charge in [-0.1, -0.05) is 35.9 Å². The monoisotopic (exact) mass is 539 g/mol. The topological polar surface area (TPSA) is 151 Å². The third-order valence-corrected chi connectivity index (χ3v) is 5.28. The summed E-state index contributed by atoms with van der Waals surface area (Å²) in [6.45, 7) is 1.87. The second-order valence-corrected chi connectivity index (χ2v) is 8.40. The zero-order valence-corrected chi connectivity index (χ0v) is 21.3. The lowest BCUT2D eigenvalue weighted by Gasteiger charge is -2.07. The summed E-state index contributed by atoms with van der Waals surface area (Å²) in [7, 11) is 0. The smallest absolute Gasteiger partial charge is 0.329 e. The van der Waals surface area contributed by atoms with E-state index >= 15 is 0 Å². The number of benzene rings is 3. The Morgan fingerprint density at radius 3 is 2.00 bits per heavy atom. The lowest BCUT2D eigenvalue weighted by Crippen LogP contribution is -2.34. The average molecular weight is 540 g/mol. The molecule has 3 aromatic carbocycles. The fraction of sp³-hybridized carbons (Fsp3) is 0.0690. The van der Waals surface area contributed by atoms with E-state index in [0.717, 1.165) is 5.56 Å². The first-order valence-electron chi connectivity index (χ1n) is 12.1. The second kappa shape index (κ2) is 13.2. The van der Waals surface area contributed by atoms with E-state index in [9.17, 15) is 19.2 Å². The van der Waals surface area contributed by atoms with Crippen LogP contribution in [-0.2, 0) is 25.7 Å². The number of rotatable bonds is 8. The predicted octanol–water partition coefficient (Wildman–Crippen LogP) is 3.72. The van der Waals surface area contributed by atoms with Crippen LogP contribution in [0.3, 0.4) is 0 Å². The van der Waals surface area contributed by atoms with E-state index in [-0.39, 0.29) is 12.3 Å². The molecule has 202 valence electrons. The fourth-order valence-corrected chi connectivity index (χ4v) is 3.26. The van der Waals surface area contributed by atoms with Gasteiger partial charge in [0.15, 0.2) is 0 Å². The van der Waals surface area contributed by atoms with Crippen LogP contribution >= 0.6 is 0 Å². The molecule has 1 heterocycles. The van der Waals surface area contributed by atoms with Crippen LogP contribution < -0.4 is 26.1 Å². The Balaban J connectivity index is 1.19. The number of nitrogens with one attached hydrogen (secondary N) is 4. The quantitative estimate of drug-likeness (QED) is 0.152. The van der Waals surface area contributed by atoms with E-state index in [0.29, 0.717) is 28.6 Å². The summed E-state index contributed by atoms with van der Waals surface area (Å²) < 4.78 is 11.2. The van der Waals surface area contributed by atoms with Gasteiger partial charge in [0.1, 0.15) is 23.0 Å². The van der Waals surface area contributed by atoms with E-state index in [4.69, 9.17) is 9.15 Å². The highest BCUT2D eigenvalue weighted by atomic mass is 16.5. The number of para-hydroxylation sites is 1. The lowest BCUT2D eigenvalue weighted by molar-refractivity contribution is -0.136. The Labute approximate surface area is 229 Å². The van der Waals surface area contributed by atoms with Crippen LogP contribution in [0.4, 0.5) is 11.4 Å². The third-order valence-electron chi connectivity index (χ3n) is 5.28. The minimum atomic E-state index is -0.987. The molecule has 0 radical (unpaired) electrons. The molecule has 1 aromatic heterocycles. The molecule has 4 rings (SSSR count). The maximum absolute atomic E-state index is 12.1. The van der Waals surface area contributed by atoms with Crippen molar-refractivity contribution in [2.45, 2.75) is 13.5 Å². The molecule has 4 N–H and O–H groups in total. The molecule has 0 unspecified atom stereocenters. The van der Waals surface area contributed by atoms with Crippen molar-refractivity contribution in [3.05, 3.63) is 108 Å². The van der Waals surface area contributed by atoms with Gasteiger partial charge in [-0.05, 0) is 67.6 Å². The van der Waals surface area contributed by atoms with Gasteiger partial charge in [0.2, 0.25) is 0 Å². The summed E-state index contributed by atoms with van der Waals surface area (Å²) in [6, 6.07) is 25.9. The molecule has 11 heteroatoms. The fourth-order valence-electron chi connectivity index (χ4n) is 3.26. The van der Waals surface area contributed by atoms with Gasteiger partial charge in [0.05, 0.1) is 12.8 Å². The van der Waals surface area contributed by atoms with Gasteiger partial charge in [-0.15, -0.1) is 0 Å². The number of hydrogen-bond acceptors (Lipinski definition) is 7. The van der Waals surface area contributed by atoms with E-state index in [1.54, 1.807) is 48.5 Å². The minimum absolute atomic E-state index is 0.0437. The number of aryl methyl sites for hydroxylation is 1. The maximum Gasteiger partial charge on any atom is 0.329 e. The molecular formula is C29H25N5O6. The Bertz CT molecular complexity index is 1510. The van der Waals surface area contributed by atoms with Crippen LogP contribution in [0.5, 0.6) is 11.5 Å². The number of hydrazone groups is 1. The summed E-state index contributed by atoms with van der Waals surface area (Å²) in [6.07, 6.45) is 1.19. The Kier molecular flexibility index (Phi) is 9.01. The van der Waals surface area contributed by atoms with Crippen LogP contribution in [0.2, 0.25) is 0 Å². The lowest BCUT2D eigenvalue weighted by atomic mass is 10.2. The molecule has 0 bridgehead atoms. The third kappa shape index (κ3) is 8.15. The summed E-state index contributed by atoms with van der Waals surface area (Å²) >= 11 is 0. The molecule has 0 saturated carbocycles. The van der Waals surface area contributed by atoms with Gasteiger partial charge in [0, 0.05) is 11.4 Å². The summed E-state index contributed by atoms with van der Waals surface area (Å²) in [5, 5.41) is 11.1. The highest BCUT2D eigenvalue weighted by Gasteiger charge is 2.15. The molecule has 4 amide bonds. The second-order valence-electron chi connectivity index (χ2n) is 8.40. The molecule has 0 aliphatic carbocycles. The molecule has 0 spiro atoms. The Hall–Kier alpha value is -5.71. The Morgan fingerprint density at radius 2 is 1.32 bits per heavy atom. The molecule has 0 aliphatic heterocycles. The molecule has 4 aromatic rings. The number of ether oxygens (including phenoxy) is 1. The number of amides is 4. The number of anilines is 2. The SMILES string of the molecule is Cc1ccc(NC(=O)C(=O)NCc2ccc(/C=N/NC(=O)C(=O)Nc3ccc(Oc4ccccc4)cc3)o2)cc1. The summed E-state index contributed by atoms with van der Waals surface area (Å²) in [4.78, 5) is 48.3. The van der Waals surface area contributed by atoms with Crippen LogP contribution in [0, 0.1) is 6.92 Å². The van der Waals surface area contributed by atoms with Crippen molar-refractivity contribution >= 4 is 41.2 Å². The first kappa shape index (κ1) is 27.3. The minimum Gasteiger partial charge on any atom is -0.458 e. The highest BCUT2D eigenvalue weighted by Crippen LogP contribution is 2.22. The number of hydrogen-bond donors (Lipinski definition) is 4. The zero-order chi connectivity index (χ0) is 28.3. The molecule has 0 atom stereocenters. The zero-order valence-electron chi connectivity index (χ0n) is 21.3. The van der Waals surface area contributed by atoms with Crippen molar-refractivity contribution in [3.63, 3.8) is 0 Å². The van der Waals surface area contributed by atoms with E-state index in [1.807, 2.05) is 49.4 Å². The van der Waals surface area contributed by atoms with Crippen LogP contribution in [-0.4, -0.2) is 29.8 Å². The highest BCUT2D eigenvalue weighted by molar-refractivity contribution is 6.40. The van der Waals surface area contributed by atoms with E-state index in [1.165, 1.54) is 6.21 Å². The van der Waals surface area contributed by atoms with Crippen molar-refractivity contribution in [1.82, 2.24) is 10.7 Å². The summed E-state index contributed by atoms with van der Waals surface area (Å²) in [5.74, 6) is -1.70. The van der Waals surface area contributed by atoms with Gasteiger partial charge >= 0.3 is 23.6 Å². The van der Waals surface area contributed by atoms with Gasteiger partial charge in [0.25, 0.3) is 0 Å². The Morgan fingerprint density at radius 1 is 0.725 bits per heavy atom. The van der Waals surface area contributed by atoms with Gasteiger partial charge in [-0.2, -0.15) is 5.10 Å². The maximum atomic E-state index is 12.1. The molecule has 11 nitrogen and oxygen atoms in total. The largest absolute Gasteiger partial charge is 0.458 e. The number of furan rings is 1. The van der Waals surface area contributed by atoms with Crippen molar-refractivity contribution in [1.29, 1.82) is 0 Å². The van der Waals surface area contributed by atoms with Gasteiger partial charge < -0.3 is 25.1 Å². The number of carbonyl (C=O) groups is 4. The summed E-state index contributed by atoms with van der Waals surface area (Å²) in [5.41, 5.74) is 4.04. The molecule has 0 aliphatic rings. The number of carbonyl (C=O) groups excluding carboxylic acids is 4. The van der Waals surface area contributed by atoms with Crippen molar-refractivity contribution in [2.75, 3.05) is 10.6 Å². The number of nitrogens with zero attached hydrogens (tertiary/aromatic N) is 1. The van der Waals surface area contributed by atoms with Crippen molar-refractivity contribution < 1.29 is 28.3 Å². The predicted molar refractivity (Wildman–Crippen MR) is 148 cm³/mol. The molecular weight excluding hydrogens is 514 g/mol.